The molecule has 0 amide bonds. The number of aromatic hydroxyl groups is 2. The van der Waals surface area contributed by atoms with Crippen LogP contribution in [0.4, 0.5) is 17.1 Å². The van der Waals surface area contributed by atoms with Gasteiger partial charge in [0.2, 0.25) is 5.36 Å². The first-order valence-electron chi connectivity index (χ1n) is 15.9. The molecule has 10 heteroatoms. The lowest BCUT2D eigenvalue weighted by molar-refractivity contribution is 0.313. The topological polar surface area (TPSA) is 132 Å². The van der Waals surface area contributed by atoms with Crippen LogP contribution in [0.5, 0.6) is 17.2 Å². The first-order valence-corrected chi connectivity index (χ1v) is 15.9. The zero-order chi connectivity index (χ0) is 33.5. The number of phenolic OH excluding ortho intramolecular Hbond substituents is 2. The first-order chi connectivity index (χ1) is 22.3. The van der Waals surface area contributed by atoms with Gasteiger partial charge >= 0.3 is 0 Å². The predicted octanol–water partition coefficient (Wildman–Crippen LogP) is 6.49. The van der Waals surface area contributed by atoms with Gasteiger partial charge in [-0.05, 0) is 84.0 Å². The van der Waals surface area contributed by atoms with Crippen molar-refractivity contribution in [2.75, 3.05) is 54.8 Å². The van der Waals surface area contributed by atoms with E-state index in [1.165, 1.54) is 5.36 Å². The molecule has 0 aromatic heterocycles. The van der Waals surface area contributed by atoms with Crippen LogP contribution in [0, 0.1) is 0 Å². The highest BCUT2D eigenvalue weighted by atomic mass is 16.6. The number of nitrogens with two attached hydrogens (primary N) is 1. The summed E-state index contributed by atoms with van der Waals surface area (Å²) < 4.78 is 8.38. The molecule has 0 radical (unpaired) electrons. The van der Waals surface area contributed by atoms with Crippen LogP contribution in [0.2, 0.25) is 0 Å². The molecule has 0 spiro atoms. The van der Waals surface area contributed by atoms with Gasteiger partial charge in [-0.1, -0.05) is 6.07 Å². The van der Waals surface area contributed by atoms with Gasteiger partial charge in [0, 0.05) is 67.5 Å². The fraction of sp³-hybridized carbons (Fsp3) is 0.333. The molecule has 5 rings (SSSR count). The van der Waals surface area contributed by atoms with E-state index in [4.69, 9.17) is 20.4 Å². The van der Waals surface area contributed by atoms with E-state index in [1.54, 1.807) is 24.3 Å². The van der Waals surface area contributed by atoms with Gasteiger partial charge in [0.25, 0.3) is 0 Å². The van der Waals surface area contributed by atoms with Gasteiger partial charge in [0.1, 0.15) is 30.0 Å². The zero-order valence-corrected chi connectivity index (χ0v) is 27.9. The summed E-state index contributed by atoms with van der Waals surface area (Å²) in [5.41, 5.74) is 5.56. The third-order valence-electron chi connectivity index (χ3n) is 7.30. The molecule has 1 aliphatic carbocycles. The first kappa shape index (κ1) is 35.5. The molecule has 3 aromatic carbocycles. The Kier molecular flexibility index (Phi) is 14.0. The average Bonchev–Trinajstić information content (AvgIpc) is 3.06. The van der Waals surface area contributed by atoms with Crippen LogP contribution in [0.15, 0.2) is 83.3 Å². The van der Waals surface area contributed by atoms with Gasteiger partial charge in [0.15, 0.2) is 22.8 Å². The van der Waals surface area contributed by atoms with Crippen molar-refractivity contribution >= 4 is 28.2 Å². The minimum atomic E-state index is 0.0666. The second-order valence-electron chi connectivity index (χ2n) is 10.3. The van der Waals surface area contributed by atoms with E-state index in [-0.39, 0.29) is 5.75 Å². The Bertz CT molecular complexity index is 1690. The smallest absolute Gasteiger partial charge is 0.203 e. The highest BCUT2D eigenvalue weighted by Gasteiger charge is 2.12. The standard InChI is InChI=1S/C18H21N3O.C10H16N2O2.C8H11NO/c1-4-19-13-7-9-15-17(11-13)22-18-12-14(21(5-2)6-3)8-10-16(18)20-15;1-3-12(4-2)8-5-6-10(14-11)9(13)7-8;1-2-9-7-4-3-5-8(10)6-7/h7-12H,4-6H2,1-3H3;5-7,13H,3-4,11H2,1-2H3;3-6,9-10H,2H2,1H3/p+1. The number of nitrogens with zero attached hydrogens (tertiary/aromatic N) is 3. The quantitative estimate of drug-likeness (QED) is 0.0668. The van der Waals surface area contributed by atoms with E-state index in [0.29, 0.717) is 11.5 Å². The maximum Gasteiger partial charge on any atom is 0.203 e. The molecule has 0 unspecified atom stereocenters. The molecule has 0 saturated heterocycles. The van der Waals surface area contributed by atoms with Crippen molar-refractivity contribution in [3.8, 4) is 28.7 Å². The van der Waals surface area contributed by atoms with Crippen LogP contribution in [0.1, 0.15) is 41.5 Å². The minimum absolute atomic E-state index is 0.0666. The summed E-state index contributed by atoms with van der Waals surface area (Å²) in [6, 6.07) is 24.5. The van der Waals surface area contributed by atoms with Crippen molar-refractivity contribution in [3.63, 3.8) is 0 Å². The second kappa shape index (κ2) is 18.1. The summed E-state index contributed by atoms with van der Waals surface area (Å²) in [6.07, 6.45) is 0. The lowest BCUT2D eigenvalue weighted by Gasteiger charge is -2.21. The zero-order valence-electron chi connectivity index (χ0n) is 27.9. The number of nitrogens with one attached hydrogen (secondary N) is 2. The summed E-state index contributed by atoms with van der Waals surface area (Å²) in [6.45, 7) is 18.1. The summed E-state index contributed by atoms with van der Waals surface area (Å²) >= 11 is 0. The summed E-state index contributed by atoms with van der Waals surface area (Å²) in [5.74, 6) is 6.46. The van der Waals surface area contributed by atoms with Crippen LogP contribution >= 0.6 is 0 Å². The number of phenols is 2. The number of hydrogen-bond donors (Lipinski definition) is 5. The molecule has 1 heterocycles. The monoisotopic (exact) mass is 629 g/mol. The third kappa shape index (κ3) is 9.77. The molecule has 10 nitrogen and oxygen atoms in total. The largest absolute Gasteiger partial charge is 0.508 e. The van der Waals surface area contributed by atoms with E-state index in [0.717, 1.165) is 78.9 Å². The van der Waals surface area contributed by atoms with E-state index < -0.39 is 0 Å². The van der Waals surface area contributed by atoms with Crippen molar-refractivity contribution < 1.29 is 19.5 Å². The number of rotatable bonds is 10. The average molecular weight is 630 g/mol. The Morgan fingerprint density at radius 1 is 0.804 bits per heavy atom. The Hall–Kier alpha value is -4.96. The van der Waals surface area contributed by atoms with E-state index >= 15 is 0 Å². The highest BCUT2D eigenvalue weighted by molar-refractivity contribution is 5.79. The number of benzene rings is 4. The summed E-state index contributed by atoms with van der Waals surface area (Å²) in [4.78, 5) is 11.3. The van der Waals surface area contributed by atoms with Crippen LogP contribution in [-0.4, -0.2) is 54.5 Å². The second-order valence-corrected chi connectivity index (χ2v) is 10.3. The van der Waals surface area contributed by atoms with Crippen LogP contribution in [0.3, 0.4) is 0 Å². The van der Waals surface area contributed by atoms with Gasteiger partial charge in [-0.25, -0.2) is 9.56 Å². The van der Waals surface area contributed by atoms with Crippen molar-refractivity contribution in [1.82, 2.24) is 9.56 Å². The fourth-order valence-electron chi connectivity index (χ4n) is 4.92. The van der Waals surface area contributed by atoms with Crippen LogP contribution in [-0.2, 0) is 0 Å². The predicted molar refractivity (Wildman–Crippen MR) is 190 cm³/mol. The number of aromatic nitrogens is 1. The Morgan fingerprint density at radius 2 is 1.50 bits per heavy atom. The molecule has 246 valence electrons. The molecule has 0 fully saturated rings. The Balaban J connectivity index is 0.000000206. The van der Waals surface area contributed by atoms with E-state index in [2.05, 4.69) is 71.7 Å². The molecular weight excluding hydrogens is 580 g/mol. The third-order valence-corrected chi connectivity index (χ3v) is 7.30. The van der Waals surface area contributed by atoms with Crippen LogP contribution in [0.25, 0.3) is 22.6 Å². The highest BCUT2D eigenvalue weighted by Crippen LogP contribution is 2.30. The lowest BCUT2D eigenvalue weighted by Crippen LogP contribution is -2.29. The number of anilines is 3. The number of hydrogen-bond acceptors (Lipinski definition) is 9. The van der Waals surface area contributed by atoms with Gasteiger partial charge < -0.3 is 35.0 Å². The molecule has 46 heavy (non-hydrogen) atoms. The van der Waals surface area contributed by atoms with Gasteiger partial charge in [-0.15, -0.1) is 0 Å². The molecule has 0 saturated carbocycles. The van der Waals surface area contributed by atoms with E-state index in [9.17, 15) is 5.11 Å². The molecule has 3 aromatic rings. The van der Waals surface area contributed by atoms with Crippen molar-refractivity contribution in [2.24, 2.45) is 5.90 Å². The molecule has 0 bridgehead atoms. The Morgan fingerprint density at radius 3 is 2.09 bits per heavy atom. The summed E-state index contributed by atoms with van der Waals surface area (Å²) in [5, 5.41) is 26.1. The van der Waals surface area contributed by atoms with Gasteiger partial charge in [-0.2, -0.15) is 5.90 Å². The van der Waals surface area contributed by atoms with Gasteiger partial charge in [0.05, 0.1) is 6.07 Å². The minimum Gasteiger partial charge on any atom is -0.508 e. The molecule has 0 atom stereocenters. The SMILES string of the molecule is CCN(CC)c1ccc(ON)c(O)c1.CCNc1ccc2nc3ccc(=[N+](CC)CC)cc-3oc2c1.CCNc1cccc(O)c1. The maximum absolute atomic E-state index is 9.50. The lowest BCUT2D eigenvalue weighted by atomic mass is 10.2. The van der Waals surface area contributed by atoms with Gasteiger partial charge in [-0.3, -0.25) is 0 Å². The molecular formula is C36H49N6O4+. The maximum atomic E-state index is 9.50. The van der Waals surface area contributed by atoms with Crippen LogP contribution < -0.4 is 36.2 Å². The Labute approximate surface area is 272 Å². The molecule has 1 aliphatic heterocycles. The van der Waals surface area contributed by atoms with Crippen molar-refractivity contribution in [3.05, 3.63) is 84.2 Å². The normalized spacial score (nSPS) is 10.3. The van der Waals surface area contributed by atoms with Crippen molar-refractivity contribution in [2.45, 2.75) is 41.5 Å². The summed E-state index contributed by atoms with van der Waals surface area (Å²) in [7, 11) is 0. The molecule has 2 aliphatic rings. The number of fused-ring (bicyclic) bond motifs is 2. The van der Waals surface area contributed by atoms with Crippen molar-refractivity contribution in [1.29, 1.82) is 0 Å². The molecule has 6 N–H and O–H groups in total. The van der Waals surface area contributed by atoms with E-state index in [1.807, 2.05) is 49.4 Å². The fourth-order valence-corrected chi connectivity index (χ4v) is 4.92.